The number of hydrogen-bond donors (Lipinski definition) is 1. The number of aliphatic carboxylic acids is 1. The Morgan fingerprint density at radius 2 is 1.70 bits per heavy atom. The van der Waals surface area contributed by atoms with Crippen LogP contribution in [0.25, 0.3) is 0 Å². The van der Waals surface area contributed by atoms with Gasteiger partial charge in [-0.1, -0.05) is 12.8 Å². The highest BCUT2D eigenvalue weighted by Crippen LogP contribution is 2.32. The molecule has 0 spiro atoms. The molecule has 0 radical (unpaired) electrons. The monoisotopic (exact) mass is 283 g/mol. The van der Waals surface area contributed by atoms with Gasteiger partial charge in [-0.15, -0.1) is 0 Å². The van der Waals surface area contributed by atoms with Crippen molar-refractivity contribution in [1.29, 1.82) is 0 Å². The molecule has 2 fully saturated rings. The summed E-state index contributed by atoms with van der Waals surface area (Å²) < 4.78 is 5.33. The van der Waals surface area contributed by atoms with Crippen LogP contribution in [0.2, 0.25) is 0 Å². The molecule has 1 saturated carbocycles. The van der Waals surface area contributed by atoms with Crippen LogP contribution in [0.3, 0.4) is 0 Å². The Balaban J connectivity index is 1.92. The molecule has 2 atom stereocenters. The van der Waals surface area contributed by atoms with E-state index >= 15 is 0 Å². The Bertz CT molecular complexity index is 352. The lowest BCUT2D eigenvalue weighted by Crippen LogP contribution is -2.43. The lowest BCUT2D eigenvalue weighted by atomic mass is 9.78. The summed E-state index contributed by atoms with van der Waals surface area (Å²) in [5, 5.41) is 9.27. The summed E-state index contributed by atoms with van der Waals surface area (Å²) in [6.45, 7) is 2.27. The number of amides is 1. The molecule has 5 heteroatoms. The van der Waals surface area contributed by atoms with Crippen LogP contribution in [-0.2, 0) is 14.3 Å². The van der Waals surface area contributed by atoms with E-state index in [1.807, 2.05) is 7.05 Å². The van der Waals surface area contributed by atoms with Crippen molar-refractivity contribution in [1.82, 2.24) is 4.90 Å². The molecule has 1 N–H and O–H groups in total. The smallest absolute Gasteiger partial charge is 0.307 e. The fourth-order valence-corrected chi connectivity index (χ4v) is 3.41. The number of carboxylic acid groups (broad SMARTS) is 1. The van der Waals surface area contributed by atoms with Crippen molar-refractivity contribution in [2.75, 3.05) is 26.8 Å². The zero-order valence-electron chi connectivity index (χ0n) is 12.2. The van der Waals surface area contributed by atoms with Crippen LogP contribution in [0.1, 0.15) is 38.5 Å². The minimum atomic E-state index is -0.817. The first-order chi connectivity index (χ1) is 9.59. The first kappa shape index (κ1) is 15.3. The van der Waals surface area contributed by atoms with Gasteiger partial charge in [0.2, 0.25) is 5.91 Å². The summed E-state index contributed by atoms with van der Waals surface area (Å²) in [5.41, 5.74) is 0. The zero-order chi connectivity index (χ0) is 14.5. The van der Waals surface area contributed by atoms with E-state index in [9.17, 15) is 14.7 Å². The Morgan fingerprint density at radius 3 is 2.30 bits per heavy atom. The van der Waals surface area contributed by atoms with Crippen molar-refractivity contribution in [3.63, 3.8) is 0 Å². The van der Waals surface area contributed by atoms with Gasteiger partial charge in [-0.2, -0.15) is 0 Å². The molecule has 5 nitrogen and oxygen atoms in total. The van der Waals surface area contributed by atoms with Gasteiger partial charge in [0.25, 0.3) is 0 Å². The van der Waals surface area contributed by atoms with Crippen molar-refractivity contribution in [2.45, 2.75) is 38.5 Å². The largest absolute Gasteiger partial charge is 0.481 e. The van der Waals surface area contributed by atoms with Gasteiger partial charge in [0.1, 0.15) is 0 Å². The number of carbonyl (C=O) groups excluding carboxylic acids is 1. The van der Waals surface area contributed by atoms with E-state index in [-0.39, 0.29) is 11.8 Å². The van der Waals surface area contributed by atoms with E-state index < -0.39 is 11.9 Å². The number of rotatable bonds is 4. The first-order valence-corrected chi connectivity index (χ1v) is 7.65. The Labute approximate surface area is 120 Å². The molecule has 0 aromatic rings. The predicted molar refractivity (Wildman–Crippen MR) is 74.3 cm³/mol. The predicted octanol–water partition coefficient (Wildman–Crippen LogP) is 1.76. The number of ether oxygens (including phenoxy) is 1. The summed E-state index contributed by atoms with van der Waals surface area (Å²) in [7, 11) is 1.81. The van der Waals surface area contributed by atoms with Crippen LogP contribution in [0.4, 0.5) is 0 Å². The van der Waals surface area contributed by atoms with Crippen molar-refractivity contribution in [3.05, 3.63) is 0 Å². The highest BCUT2D eigenvalue weighted by molar-refractivity contribution is 5.84. The fourth-order valence-electron chi connectivity index (χ4n) is 3.41. The van der Waals surface area contributed by atoms with Crippen molar-refractivity contribution < 1.29 is 19.4 Å². The molecule has 1 heterocycles. The summed E-state index contributed by atoms with van der Waals surface area (Å²) in [4.78, 5) is 25.6. The minimum absolute atomic E-state index is 0.0172. The first-order valence-electron chi connectivity index (χ1n) is 7.65. The molecule has 0 bridgehead atoms. The van der Waals surface area contributed by atoms with Crippen LogP contribution >= 0.6 is 0 Å². The summed E-state index contributed by atoms with van der Waals surface area (Å²) in [5.74, 6) is -1.13. The molecule has 1 amide bonds. The van der Waals surface area contributed by atoms with Crippen LogP contribution < -0.4 is 0 Å². The second kappa shape index (κ2) is 7.07. The highest BCUT2D eigenvalue weighted by atomic mass is 16.5. The molecule has 114 valence electrons. The van der Waals surface area contributed by atoms with E-state index in [2.05, 4.69) is 0 Å². The maximum atomic E-state index is 12.5. The lowest BCUT2D eigenvalue weighted by Gasteiger charge is -2.33. The van der Waals surface area contributed by atoms with Crippen molar-refractivity contribution >= 4 is 11.9 Å². The van der Waals surface area contributed by atoms with Crippen LogP contribution in [0, 0.1) is 17.8 Å². The quantitative estimate of drug-likeness (QED) is 0.853. The average Bonchev–Trinajstić information content (AvgIpc) is 2.47. The van der Waals surface area contributed by atoms with Gasteiger partial charge in [-0.25, -0.2) is 0 Å². The SMILES string of the molecule is CN(CC1CCOCC1)C(=O)C1CCCCC1C(=O)O. The Kier molecular flexibility index (Phi) is 5.40. The molecule has 2 aliphatic rings. The van der Waals surface area contributed by atoms with Gasteiger partial charge >= 0.3 is 5.97 Å². The number of carboxylic acids is 1. The molecule has 1 saturated heterocycles. The van der Waals surface area contributed by atoms with Gasteiger partial charge in [0, 0.05) is 26.8 Å². The lowest BCUT2D eigenvalue weighted by molar-refractivity contribution is -0.152. The third-order valence-electron chi connectivity index (χ3n) is 4.65. The molecule has 0 aromatic carbocycles. The Morgan fingerprint density at radius 1 is 1.10 bits per heavy atom. The fraction of sp³-hybridized carbons (Fsp3) is 0.867. The maximum Gasteiger partial charge on any atom is 0.307 e. The topological polar surface area (TPSA) is 66.8 Å². The van der Waals surface area contributed by atoms with Gasteiger partial charge in [-0.05, 0) is 31.6 Å². The van der Waals surface area contributed by atoms with Gasteiger partial charge in [0.05, 0.1) is 11.8 Å². The van der Waals surface area contributed by atoms with Crippen molar-refractivity contribution in [2.24, 2.45) is 17.8 Å². The van der Waals surface area contributed by atoms with Gasteiger partial charge < -0.3 is 14.7 Å². The normalized spacial score (nSPS) is 28.1. The zero-order valence-corrected chi connectivity index (χ0v) is 12.2. The summed E-state index contributed by atoms with van der Waals surface area (Å²) in [6.07, 6.45) is 5.22. The molecule has 1 aliphatic carbocycles. The molecule has 2 unspecified atom stereocenters. The van der Waals surface area contributed by atoms with E-state index in [0.717, 1.165) is 45.4 Å². The van der Waals surface area contributed by atoms with Gasteiger partial charge in [0.15, 0.2) is 0 Å². The van der Waals surface area contributed by atoms with E-state index in [4.69, 9.17) is 4.74 Å². The van der Waals surface area contributed by atoms with E-state index in [1.165, 1.54) is 0 Å². The molecule has 20 heavy (non-hydrogen) atoms. The number of nitrogens with zero attached hydrogens (tertiary/aromatic N) is 1. The summed E-state index contributed by atoms with van der Waals surface area (Å²) in [6, 6.07) is 0. The second-order valence-electron chi connectivity index (χ2n) is 6.11. The van der Waals surface area contributed by atoms with Gasteiger partial charge in [-0.3, -0.25) is 9.59 Å². The number of carbonyl (C=O) groups is 2. The molecule has 1 aliphatic heterocycles. The van der Waals surface area contributed by atoms with Crippen molar-refractivity contribution in [3.8, 4) is 0 Å². The molecule has 2 rings (SSSR count). The van der Waals surface area contributed by atoms with E-state index in [1.54, 1.807) is 4.90 Å². The highest BCUT2D eigenvalue weighted by Gasteiger charge is 2.37. The Hall–Kier alpha value is -1.10. The average molecular weight is 283 g/mol. The summed E-state index contributed by atoms with van der Waals surface area (Å²) >= 11 is 0. The second-order valence-corrected chi connectivity index (χ2v) is 6.11. The molecule has 0 aromatic heterocycles. The van der Waals surface area contributed by atoms with Crippen LogP contribution in [0.15, 0.2) is 0 Å². The van der Waals surface area contributed by atoms with Crippen LogP contribution in [0.5, 0.6) is 0 Å². The number of hydrogen-bond acceptors (Lipinski definition) is 3. The third kappa shape index (κ3) is 3.72. The third-order valence-corrected chi connectivity index (χ3v) is 4.65. The maximum absolute atomic E-state index is 12.5. The van der Waals surface area contributed by atoms with Crippen LogP contribution in [-0.4, -0.2) is 48.7 Å². The molecular weight excluding hydrogens is 258 g/mol. The van der Waals surface area contributed by atoms with E-state index in [0.29, 0.717) is 18.8 Å². The standard InChI is InChI=1S/C15H25NO4/c1-16(10-11-6-8-20-9-7-11)14(17)12-4-2-3-5-13(12)15(18)19/h11-13H,2-10H2,1H3,(H,18,19). The molecular formula is C15H25NO4. The minimum Gasteiger partial charge on any atom is -0.481 e.